The first-order valence-electron chi connectivity index (χ1n) is 5.06. The summed E-state index contributed by atoms with van der Waals surface area (Å²) < 4.78 is 16.0. The van der Waals surface area contributed by atoms with Crippen molar-refractivity contribution in [2.24, 2.45) is 0 Å². The topological polar surface area (TPSA) is 53.7 Å². The average Bonchev–Trinajstić information content (AvgIpc) is 2.17. The van der Waals surface area contributed by atoms with Gasteiger partial charge in [-0.15, -0.1) is 0 Å². The van der Waals surface area contributed by atoms with Crippen molar-refractivity contribution >= 4 is 5.69 Å². The van der Waals surface area contributed by atoms with Crippen LogP contribution in [-0.2, 0) is 4.74 Å². The molecule has 1 aliphatic rings. The van der Waals surface area contributed by atoms with E-state index in [1.54, 1.807) is 6.07 Å². The van der Waals surface area contributed by atoms with Gasteiger partial charge in [0.1, 0.15) is 17.6 Å². The number of hydrogen-bond donors (Lipinski definition) is 1. The van der Waals surface area contributed by atoms with Crippen molar-refractivity contribution in [3.8, 4) is 11.5 Å². The first kappa shape index (κ1) is 10.1. The van der Waals surface area contributed by atoms with E-state index in [2.05, 4.69) is 0 Å². The van der Waals surface area contributed by atoms with E-state index >= 15 is 0 Å². The van der Waals surface area contributed by atoms with E-state index in [0.29, 0.717) is 31.3 Å². The first-order chi connectivity index (χ1) is 7.29. The molecule has 0 bridgehead atoms. The third-order valence-corrected chi connectivity index (χ3v) is 2.20. The van der Waals surface area contributed by atoms with Crippen LogP contribution in [0.4, 0.5) is 5.69 Å². The largest absolute Gasteiger partial charge is 0.492 e. The Morgan fingerprint density at radius 3 is 2.87 bits per heavy atom. The molecule has 1 aliphatic heterocycles. The Morgan fingerprint density at radius 2 is 2.27 bits per heavy atom. The third-order valence-electron chi connectivity index (χ3n) is 2.20. The summed E-state index contributed by atoms with van der Waals surface area (Å²) in [6.45, 7) is 3.84. The van der Waals surface area contributed by atoms with Crippen molar-refractivity contribution < 1.29 is 14.2 Å². The molecule has 4 nitrogen and oxygen atoms in total. The van der Waals surface area contributed by atoms with Gasteiger partial charge in [-0.05, 0) is 19.1 Å². The number of nitrogens with two attached hydrogens (primary N) is 1. The highest BCUT2D eigenvalue weighted by molar-refractivity contribution is 5.55. The number of benzene rings is 1. The van der Waals surface area contributed by atoms with Crippen LogP contribution in [0, 0.1) is 0 Å². The van der Waals surface area contributed by atoms with Gasteiger partial charge in [-0.1, -0.05) is 0 Å². The second kappa shape index (κ2) is 4.40. The summed E-state index contributed by atoms with van der Waals surface area (Å²) in [5.41, 5.74) is 6.38. The van der Waals surface area contributed by atoms with Gasteiger partial charge >= 0.3 is 0 Å². The van der Waals surface area contributed by atoms with E-state index in [-0.39, 0.29) is 6.10 Å². The lowest BCUT2D eigenvalue weighted by molar-refractivity contribution is -0.0797. The standard InChI is InChI=1S/C11H15NO3/c1-2-14-11-5-8(3-4-10(11)12)15-9-6-13-7-9/h3-5,9H,2,6-7,12H2,1H3. The highest BCUT2D eigenvalue weighted by Gasteiger charge is 2.20. The van der Waals surface area contributed by atoms with Crippen LogP contribution in [0.3, 0.4) is 0 Å². The number of hydrogen-bond acceptors (Lipinski definition) is 4. The highest BCUT2D eigenvalue weighted by atomic mass is 16.6. The summed E-state index contributed by atoms with van der Waals surface area (Å²) in [6, 6.07) is 5.45. The molecule has 0 unspecified atom stereocenters. The summed E-state index contributed by atoms with van der Waals surface area (Å²) in [7, 11) is 0. The SMILES string of the molecule is CCOc1cc(OC2COC2)ccc1N. The Hall–Kier alpha value is -1.42. The molecule has 1 aromatic rings. The molecule has 1 fully saturated rings. The normalized spacial score (nSPS) is 15.8. The number of ether oxygens (including phenoxy) is 3. The van der Waals surface area contributed by atoms with Gasteiger partial charge in [0.25, 0.3) is 0 Å². The average molecular weight is 209 g/mol. The zero-order valence-corrected chi connectivity index (χ0v) is 8.73. The lowest BCUT2D eigenvalue weighted by Gasteiger charge is -2.26. The Bertz CT molecular complexity index is 337. The molecule has 1 aromatic carbocycles. The lowest BCUT2D eigenvalue weighted by atomic mass is 10.2. The number of anilines is 1. The quantitative estimate of drug-likeness (QED) is 0.762. The minimum absolute atomic E-state index is 0.170. The van der Waals surface area contributed by atoms with E-state index in [1.807, 2.05) is 19.1 Å². The molecule has 1 saturated heterocycles. The molecule has 0 aliphatic carbocycles. The van der Waals surface area contributed by atoms with Crippen molar-refractivity contribution in [1.82, 2.24) is 0 Å². The molecule has 82 valence electrons. The van der Waals surface area contributed by atoms with E-state index in [9.17, 15) is 0 Å². The minimum Gasteiger partial charge on any atom is -0.492 e. The molecule has 0 aromatic heterocycles. The summed E-state index contributed by atoms with van der Waals surface area (Å²) in [4.78, 5) is 0. The number of nitrogen functional groups attached to an aromatic ring is 1. The zero-order valence-electron chi connectivity index (χ0n) is 8.73. The Kier molecular flexibility index (Phi) is 2.97. The summed E-state index contributed by atoms with van der Waals surface area (Å²) in [6.07, 6.45) is 0.170. The highest BCUT2D eigenvalue weighted by Crippen LogP contribution is 2.28. The molecule has 4 heteroatoms. The summed E-state index contributed by atoms with van der Waals surface area (Å²) in [5, 5.41) is 0. The molecule has 0 spiro atoms. The molecule has 0 saturated carbocycles. The van der Waals surface area contributed by atoms with Crippen LogP contribution in [0.2, 0.25) is 0 Å². The van der Waals surface area contributed by atoms with Gasteiger partial charge in [0.15, 0.2) is 0 Å². The number of rotatable bonds is 4. The van der Waals surface area contributed by atoms with Gasteiger partial charge in [-0.2, -0.15) is 0 Å². The molecule has 0 atom stereocenters. The second-order valence-electron chi connectivity index (χ2n) is 3.41. The summed E-state index contributed by atoms with van der Waals surface area (Å²) in [5.74, 6) is 1.45. The fourth-order valence-electron chi connectivity index (χ4n) is 1.34. The smallest absolute Gasteiger partial charge is 0.145 e. The maximum atomic E-state index is 5.75. The zero-order chi connectivity index (χ0) is 10.7. The molecular formula is C11H15NO3. The Balaban J connectivity index is 2.06. The van der Waals surface area contributed by atoms with Crippen LogP contribution in [0.15, 0.2) is 18.2 Å². The molecule has 0 radical (unpaired) electrons. The predicted molar refractivity (Wildman–Crippen MR) is 57.3 cm³/mol. The monoisotopic (exact) mass is 209 g/mol. The van der Waals surface area contributed by atoms with Gasteiger partial charge in [0.05, 0.1) is 25.5 Å². The maximum absolute atomic E-state index is 5.75. The van der Waals surface area contributed by atoms with Gasteiger partial charge in [0.2, 0.25) is 0 Å². The summed E-state index contributed by atoms with van der Waals surface area (Å²) >= 11 is 0. The van der Waals surface area contributed by atoms with Gasteiger partial charge < -0.3 is 19.9 Å². The van der Waals surface area contributed by atoms with E-state index in [4.69, 9.17) is 19.9 Å². The van der Waals surface area contributed by atoms with Crippen LogP contribution in [0.1, 0.15) is 6.92 Å². The van der Waals surface area contributed by atoms with Crippen LogP contribution >= 0.6 is 0 Å². The van der Waals surface area contributed by atoms with E-state index < -0.39 is 0 Å². The van der Waals surface area contributed by atoms with Gasteiger partial charge in [-0.25, -0.2) is 0 Å². The van der Waals surface area contributed by atoms with E-state index in [1.165, 1.54) is 0 Å². The van der Waals surface area contributed by atoms with Crippen molar-refractivity contribution in [1.29, 1.82) is 0 Å². The van der Waals surface area contributed by atoms with Gasteiger partial charge in [-0.3, -0.25) is 0 Å². The van der Waals surface area contributed by atoms with Crippen LogP contribution in [-0.4, -0.2) is 25.9 Å². The Morgan fingerprint density at radius 1 is 1.47 bits per heavy atom. The predicted octanol–water partition coefficient (Wildman–Crippen LogP) is 1.45. The van der Waals surface area contributed by atoms with Crippen LogP contribution in [0.25, 0.3) is 0 Å². The van der Waals surface area contributed by atoms with E-state index in [0.717, 1.165) is 5.75 Å². The molecule has 1 heterocycles. The molecule has 15 heavy (non-hydrogen) atoms. The fraction of sp³-hybridized carbons (Fsp3) is 0.455. The van der Waals surface area contributed by atoms with Crippen molar-refractivity contribution in [2.75, 3.05) is 25.6 Å². The molecule has 2 N–H and O–H groups in total. The van der Waals surface area contributed by atoms with Crippen LogP contribution in [0.5, 0.6) is 11.5 Å². The third kappa shape index (κ3) is 2.33. The molecular weight excluding hydrogens is 194 g/mol. The van der Waals surface area contributed by atoms with Crippen molar-refractivity contribution in [3.63, 3.8) is 0 Å². The minimum atomic E-state index is 0.170. The first-order valence-corrected chi connectivity index (χ1v) is 5.06. The van der Waals surface area contributed by atoms with Crippen LogP contribution < -0.4 is 15.2 Å². The fourth-order valence-corrected chi connectivity index (χ4v) is 1.34. The maximum Gasteiger partial charge on any atom is 0.145 e. The molecule has 2 rings (SSSR count). The van der Waals surface area contributed by atoms with Crippen molar-refractivity contribution in [3.05, 3.63) is 18.2 Å². The van der Waals surface area contributed by atoms with Crippen molar-refractivity contribution in [2.45, 2.75) is 13.0 Å². The second-order valence-corrected chi connectivity index (χ2v) is 3.41. The Labute approximate surface area is 88.9 Å². The van der Waals surface area contributed by atoms with Gasteiger partial charge in [0, 0.05) is 6.07 Å². The lowest BCUT2D eigenvalue weighted by Crippen LogP contribution is -2.38. The molecule has 0 amide bonds.